The Morgan fingerprint density at radius 2 is 1.64 bits per heavy atom. The Labute approximate surface area is 67.0 Å². The number of rotatable bonds is 7. The first kappa shape index (κ1) is 10.9. The number of aliphatic hydroxyl groups is 1. The minimum absolute atomic E-state index is 0.226. The van der Waals surface area contributed by atoms with Crippen molar-refractivity contribution in [1.82, 2.24) is 0 Å². The lowest BCUT2D eigenvalue weighted by atomic mass is 10.2. The van der Waals surface area contributed by atoms with Crippen LogP contribution in [-0.2, 0) is 4.65 Å². The summed E-state index contributed by atoms with van der Waals surface area (Å²) in [6, 6.07) is 0. The molecule has 0 aromatic heterocycles. The molecule has 0 saturated heterocycles. The van der Waals surface area contributed by atoms with E-state index in [9.17, 15) is 0 Å². The van der Waals surface area contributed by atoms with Crippen LogP contribution in [0, 0.1) is 0 Å². The van der Waals surface area contributed by atoms with E-state index >= 15 is 0 Å². The molecule has 0 aliphatic rings. The summed E-state index contributed by atoms with van der Waals surface area (Å²) < 4.78 is 4.47. The van der Waals surface area contributed by atoms with Gasteiger partial charge in [0.15, 0.2) is 0 Å². The van der Waals surface area contributed by atoms with Crippen molar-refractivity contribution >= 4 is 7.32 Å². The monoisotopic (exact) mass is 162 g/mol. The van der Waals surface area contributed by atoms with Gasteiger partial charge in [-0.15, -0.1) is 0 Å². The van der Waals surface area contributed by atoms with E-state index in [-0.39, 0.29) is 6.61 Å². The Morgan fingerprint density at radius 1 is 1.00 bits per heavy atom. The van der Waals surface area contributed by atoms with Crippen LogP contribution in [0.15, 0.2) is 0 Å². The van der Waals surface area contributed by atoms with E-state index in [1.54, 1.807) is 0 Å². The third kappa shape index (κ3) is 9.90. The molecular formula is C6H15BO4. The Hall–Kier alpha value is -0.0951. The number of hydrogen-bond donors (Lipinski definition) is 3. The zero-order chi connectivity index (χ0) is 8.53. The molecule has 0 aromatic rings. The lowest BCUT2D eigenvalue weighted by Gasteiger charge is -2.01. The lowest BCUT2D eigenvalue weighted by molar-refractivity contribution is 0.181. The zero-order valence-electron chi connectivity index (χ0n) is 6.57. The van der Waals surface area contributed by atoms with Gasteiger partial charge in [0.05, 0.1) is 0 Å². The maximum atomic E-state index is 8.40. The predicted molar refractivity (Wildman–Crippen MR) is 41.7 cm³/mol. The highest BCUT2D eigenvalue weighted by molar-refractivity contribution is 6.32. The van der Waals surface area contributed by atoms with Gasteiger partial charge in [0, 0.05) is 13.2 Å². The average Bonchev–Trinajstić information content (AvgIpc) is 1.96. The van der Waals surface area contributed by atoms with Gasteiger partial charge in [0.2, 0.25) is 0 Å². The van der Waals surface area contributed by atoms with Crippen molar-refractivity contribution < 1.29 is 19.8 Å². The maximum absolute atomic E-state index is 8.40. The van der Waals surface area contributed by atoms with Crippen LogP contribution in [0.4, 0.5) is 0 Å². The SMILES string of the molecule is OCCCCCCOB(O)O. The van der Waals surface area contributed by atoms with Crippen LogP contribution in [-0.4, -0.2) is 35.7 Å². The van der Waals surface area contributed by atoms with E-state index in [0.29, 0.717) is 6.61 Å². The molecule has 4 nitrogen and oxygen atoms in total. The highest BCUT2D eigenvalue weighted by Gasteiger charge is 2.06. The van der Waals surface area contributed by atoms with Gasteiger partial charge in [-0.05, 0) is 12.8 Å². The normalized spacial score (nSPS) is 10.1. The fourth-order valence-corrected chi connectivity index (χ4v) is 0.756. The molecule has 0 aliphatic carbocycles. The molecule has 0 bridgehead atoms. The number of aliphatic hydroxyl groups excluding tert-OH is 1. The van der Waals surface area contributed by atoms with Crippen molar-refractivity contribution in [2.45, 2.75) is 25.7 Å². The molecule has 0 spiro atoms. The molecule has 0 fully saturated rings. The van der Waals surface area contributed by atoms with E-state index in [2.05, 4.69) is 4.65 Å². The van der Waals surface area contributed by atoms with Gasteiger partial charge >= 0.3 is 7.32 Å². The second kappa shape index (κ2) is 8.01. The van der Waals surface area contributed by atoms with Crippen LogP contribution < -0.4 is 0 Å². The number of unbranched alkanes of at least 4 members (excludes halogenated alkanes) is 3. The van der Waals surface area contributed by atoms with Gasteiger partial charge in [-0.25, -0.2) is 0 Å². The summed E-state index contributed by atoms with van der Waals surface area (Å²) in [5, 5.41) is 24.9. The molecular weight excluding hydrogens is 147 g/mol. The van der Waals surface area contributed by atoms with Gasteiger partial charge in [-0.3, -0.25) is 0 Å². The average molecular weight is 162 g/mol. The summed E-state index contributed by atoms with van der Waals surface area (Å²) in [5.41, 5.74) is 0. The molecule has 0 saturated carbocycles. The van der Waals surface area contributed by atoms with Crippen LogP contribution in [0.25, 0.3) is 0 Å². The van der Waals surface area contributed by atoms with Crippen molar-refractivity contribution in [3.8, 4) is 0 Å². The smallest absolute Gasteiger partial charge is 0.402 e. The second-order valence-corrected chi connectivity index (χ2v) is 2.33. The summed E-state index contributed by atoms with van der Waals surface area (Å²) in [6.45, 7) is 0.590. The summed E-state index contributed by atoms with van der Waals surface area (Å²) in [7, 11) is -1.65. The van der Waals surface area contributed by atoms with Crippen molar-refractivity contribution in [3.05, 3.63) is 0 Å². The molecule has 3 N–H and O–H groups in total. The quantitative estimate of drug-likeness (QED) is 0.349. The summed E-state index contributed by atoms with van der Waals surface area (Å²) >= 11 is 0. The summed E-state index contributed by atoms with van der Waals surface area (Å²) in [5.74, 6) is 0. The third-order valence-electron chi connectivity index (χ3n) is 1.32. The molecule has 0 amide bonds. The highest BCUT2D eigenvalue weighted by Crippen LogP contribution is 1.98. The Morgan fingerprint density at radius 3 is 2.18 bits per heavy atom. The zero-order valence-corrected chi connectivity index (χ0v) is 6.57. The van der Waals surface area contributed by atoms with Gasteiger partial charge in [0.1, 0.15) is 0 Å². The van der Waals surface area contributed by atoms with Crippen molar-refractivity contribution in [3.63, 3.8) is 0 Å². The van der Waals surface area contributed by atoms with Crippen LogP contribution in [0.3, 0.4) is 0 Å². The van der Waals surface area contributed by atoms with E-state index in [1.165, 1.54) is 0 Å². The molecule has 0 rings (SSSR count). The first-order valence-corrected chi connectivity index (χ1v) is 3.86. The fraction of sp³-hybridized carbons (Fsp3) is 1.00. The van der Waals surface area contributed by atoms with Gasteiger partial charge < -0.3 is 19.8 Å². The van der Waals surface area contributed by atoms with E-state index in [4.69, 9.17) is 15.2 Å². The molecule has 0 atom stereocenters. The van der Waals surface area contributed by atoms with E-state index < -0.39 is 7.32 Å². The minimum Gasteiger partial charge on any atom is -0.402 e. The van der Waals surface area contributed by atoms with Crippen LogP contribution in [0.1, 0.15) is 25.7 Å². The number of hydrogen-bond acceptors (Lipinski definition) is 4. The lowest BCUT2D eigenvalue weighted by Crippen LogP contribution is -2.17. The Kier molecular flexibility index (Phi) is 7.94. The van der Waals surface area contributed by atoms with E-state index in [0.717, 1.165) is 25.7 Å². The van der Waals surface area contributed by atoms with Crippen LogP contribution >= 0.6 is 0 Å². The molecule has 0 aromatic carbocycles. The first-order valence-electron chi connectivity index (χ1n) is 3.86. The minimum atomic E-state index is -1.65. The summed E-state index contributed by atoms with van der Waals surface area (Å²) in [4.78, 5) is 0. The molecule has 0 radical (unpaired) electrons. The standard InChI is InChI=1S/C6H15BO4/c8-5-3-1-2-4-6-11-7(9)10/h8-10H,1-6H2. The van der Waals surface area contributed by atoms with E-state index in [1.807, 2.05) is 0 Å². The van der Waals surface area contributed by atoms with Gasteiger partial charge in [-0.1, -0.05) is 12.8 Å². The highest BCUT2D eigenvalue weighted by atomic mass is 16.6. The third-order valence-corrected chi connectivity index (χ3v) is 1.32. The first-order chi connectivity index (χ1) is 5.27. The maximum Gasteiger partial charge on any atom is 0.633 e. The molecule has 66 valence electrons. The fourth-order valence-electron chi connectivity index (χ4n) is 0.756. The Bertz CT molecular complexity index is 79.0. The topological polar surface area (TPSA) is 69.9 Å². The molecule has 0 unspecified atom stereocenters. The second-order valence-electron chi connectivity index (χ2n) is 2.33. The largest absolute Gasteiger partial charge is 0.633 e. The van der Waals surface area contributed by atoms with Gasteiger partial charge in [0.25, 0.3) is 0 Å². The molecule has 0 aliphatic heterocycles. The Balaban J connectivity index is 2.80. The van der Waals surface area contributed by atoms with Crippen LogP contribution in [0.2, 0.25) is 0 Å². The summed E-state index contributed by atoms with van der Waals surface area (Å²) in [6.07, 6.45) is 3.52. The molecule has 11 heavy (non-hydrogen) atoms. The van der Waals surface area contributed by atoms with Crippen molar-refractivity contribution in [2.75, 3.05) is 13.2 Å². The van der Waals surface area contributed by atoms with Crippen LogP contribution in [0.5, 0.6) is 0 Å². The molecule has 0 heterocycles. The van der Waals surface area contributed by atoms with Crippen molar-refractivity contribution in [1.29, 1.82) is 0 Å². The molecule has 5 heteroatoms. The predicted octanol–water partition coefficient (Wildman–Crippen LogP) is -0.475. The van der Waals surface area contributed by atoms with Crippen molar-refractivity contribution in [2.24, 2.45) is 0 Å². The van der Waals surface area contributed by atoms with Gasteiger partial charge in [-0.2, -0.15) is 0 Å².